The molecule has 4 atom stereocenters. The minimum atomic E-state index is -0.491. The summed E-state index contributed by atoms with van der Waals surface area (Å²) in [6.45, 7) is 2.86. The van der Waals surface area contributed by atoms with Crippen molar-refractivity contribution < 1.29 is 33.4 Å². The van der Waals surface area contributed by atoms with Crippen LogP contribution in [-0.2, 0) is 19.1 Å². The molecule has 3 aromatic rings. The van der Waals surface area contributed by atoms with Gasteiger partial charge in [0.25, 0.3) is 5.91 Å². The van der Waals surface area contributed by atoms with Crippen LogP contribution >= 0.6 is 11.3 Å². The van der Waals surface area contributed by atoms with Crippen LogP contribution in [0.25, 0.3) is 0 Å². The Hall–Kier alpha value is -4.25. The van der Waals surface area contributed by atoms with Crippen LogP contribution in [0.5, 0.6) is 5.75 Å². The lowest BCUT2D eigenvalue weighted by atomic mass is 10.00. The standard InChI is InChI=1S/C33H35N3O7S/c1-20(35-31(38)28-18-44-19-34-28)30(23-8-6-22(7-9-23)21-4-5-21)42-26-12-10-24(11-13-26)33(40)43-27-3-2-14-36(16-27)32(39)25-15-29(37)41-17-25/h6-13,18-21,25,27,30H,2-5,14-17H2,1H3,(H,35,38)/t20?,25-,27+,30?/m1/s1. The van der Waals surface area contributed by atoms with Crippen molar-refractivity contribution >= 4 is 35.1 Å². The van der Waals surface area contributed by atoms with Gasteiger partial charge in [-0.25, -0.2) is 9.78 Å². The summed E-state index contributed by atoms with van der Waals surface area (Å²) in [5.74, 6) is -0.542. The van der Waals surface area contributed by atoms with Crippen molar-refractivity contribution in [3.8, 4) is 5.75 Å². The van der Waals surface area contributed by atoms with E-state index in [1.807, 2.05) is 19.1 Å². The van der Waals surface area contributed by atoms with Crippen LogP contribution in [0.1, 0.15) is 83.0 Å². The Morgan fingerprint density at radius 2 is 1.84 bits per heavy atom. The maximum atomic E-state index is 13.0. The Morgan fingerprint density at radius 3 is 2.50 bits per heavy atom. The molecular weight excluding hydrogens is 582 g/mol. The molecule has 2 aromatic carbocycles. The number of ether oxygens (including phenoxy) is 3. The normalized spacial score (nSPS) is 21.2. The van der Waals surface area contributed by atoms with Crippen LogP contribution in [0.2, 0.25) is 0 Å². The number of cyclic esters (lactones) is 1. The van der Waals surface area contributed by atoms with Crippen molar-refractivity contribution in [3.05, 3.63) is 81.8 Å². The molecule has 0 spiro atoms. The highest BCUT2D eigenvalue weighted by molar-refractivity contribution is 7.07. The molecule has 2 aliphatic heterocycles. The molecule has 6 rings (SSSR count). The fraction of sp³-hybridized carbons (Fsp3) is 0.424. The highest BCUT2D eigenvalue weighted by atomic mass is 32.1. The zero-order chi connectivity index (χ0) is 30.6. The number of carbonyl (C=O) groups excluding carboxylic acids is 4. The summed E-state index contributed by atoms with van der Waals surface area (Å²) in [5, 5.41) is 4.72. The minimum absolute atomic E-state index is 0.0950. The molecule has 11 heteroatoms. The molecule has 230 valence electrons. The predicted octanol–water partition coefficient (Wildman–Crippen LogP) is 4.67. The number of amides is 2. The Morgan fingerprint density at radius 1 is 1.07 bits per heavy atom. The molecule has 1 aromatic heterocycles. The average molecular weight is 618 g/mol. The zero-order valence-corrected chi connectivity index (χ0v) is 25.3. The largest absolute Gasteiger partial charge is 0.484 e. The molecule has 3 aliphatic rings. The van der Waals surface area contributed by atoms with Gasteiger partial charge in [-0.05, 0) is 73.9 Å². The van der Waals surface area contributed by atoms with Gasteiger partial charge in [-0.15, -0.1) is 11.3 Å². The Labute approximate surface area is 259 Å². The number of hydrogen-bond acceptors (Lipinski definition) is 9. The predicted molar refractivity (Wildman–Crippen MR) is 161 cm³/mol. The van der Waals surface area contributed by atoms with E-state index < -0.39 is 24.1 Å². The molecule has 1 saturated carbocycles. The fourth-order valence-electron chi connectivity index (χ4n) is 5.71. The molecule has 2 saturated heterocycles. The van der Waals surface area contributed by atoms with Gasteiger partial charge in [-0.1, -0.05) is 24.3 Å². The lowest BCUT2D eigenvalue weighted by Gasteiger charge is -2.33. The fourth-order valence-corrected chi connectivity index (χ4v) is 6.25. The number of likely N-dealkylation sites (tertiary alicyclic amines) is 1. The monoisotopic (exact) mass is 617 g/mol. The van der Waals surface area contributed by atoms with Gasteiger partial charge >= 0.3 is 11.9 Å². The van der Waals surface area contributed by atoms with Gasteiger partial charge < -0.3 is 24.4 Å². The van der Waals surface area contributed by atoms with Crippen molar-refractivity contribution in [3.63, 3.8) is 0 Å². The molecule has 0 radical (unpaired) electrons. The van der Waals surface area contributed by atoms with Gasteiger partial charge in [0.1, 0.15) is 30.3 Å². The van der Waals surface area contributed by atoms with E-state index in [0.29, 0.717) is 48.9 Å². The number of thiazole rings is 1. The van der Waals surface area contributed by atoms with Crippen LogP contribution in [0.3, 0.4) is 0 Å². The Balaban J connectivity index is 1.09. The third kappa shape index (κ3) is 7.10. The molecule has 2 amide bonds. The summed E-state index contributed by atoms with van der Waals surface area (Å²) >= 11 is 1.36. The van der Waals surface area contributed by atoms with Gasteiger partial charge in [-0.3, -0.25) is 14.4 Å². The topological polar surface area (TPSA) is 124 Å². The van der Waals surface area contributed by atoms with Crippen LogP contribution in [0, 0.1) is 5.92 Å². The summed E-state index contributed by atoms with van der Waals surface area (Å²) in [5.41, 5.74) is 4.58. The molecule has 1 aliphatic carbocycles. The van der Waals surface area contributed by atoms with Gasteiger partial charge in [-0.2, -0.15) is 0 Å². The van der Waals surface area contributed by atoms with Crippen molar-refractivity contribution in [2.24, 2.45) is 5.92 Å². The van der Waals surface area contributed by atoms with Crippen molar-refractivity contribution in [1.29, 1.82) is 0 Å². The lowest BCUT2D eigenvalue weighted by molar-refractivity contribution is -0.139. The second-order valence-electron chi connectivity index (χ2n) is 11.7. The molecule has 2 unspecified atom stereocenters. The van der Waals surface area contributed by atoms with Gasteiger partial charge in [0.15, 0.2) is 0 Å². The van der Waals surface area contributed by atoms with Gasteiger partial charge in [0, 0.05) is 11.9 Å². The number of nitrogens with zero attached hydrogens (tertiary/aromatic N) is 2. The molecule has 10 nitrogen and oxygen atoms in total. The van der Waals surface area contributed by atoms with Crippen LogP contribution in [0.15, 0.2) is 59.4 Å². The van der Waals surface area contributed by atoms with Crippen LogP contribution < -0.4 is 10.1 Å². The summed E-state index contributed by atoms with van der Waals surface area (Å²) in [7, 11) is 0. The van der Waals surface area contributed by atoms with E-state index in [0.717, 1.165) is 5.56 Å². The van der Waals surface area contributed by atoms with E-state index in [1.165, 1.54) is 29.7 Å². The van der Waals surface area contributed by atoms with E-state index in [-0.39, 0.29) is 36.9 Å². The molecule has 3 fully saturated rings. The highest BCUT2D eigenvalue weighted by Crippen LogP contribution is 2.40. The summed E-state index contributed by atoms with van der Waals surface area (Å²) < 4.78 is 17.1. The van der Waals surface area contributed by atoms with Crippen LogP contribution in [-0.4, -0.2) is 65.5 Å². The van der Waals surface area contributed by atoms with E-state index in [1.54, 1.807) is 40.1 Å². The first-order valence-electron chi connectivity index (χ1n) is 15.0. The van der Waals surface area contributed by atoms with E-state index in [2.05, 4.69) is 22.4 Å². The third-order valence-corrected chi connectivity index (χ3v) is 8.90. The van der Waals surface area contributed by atoms with Crippen molar-refractivity contribution in [1.82, 2.24) is 15.2 Å². The van der Waals surface area contributed by atoms with E-state index in [9.17, 15) is 19.2 Å². The first kappa shape index (κ1) is 29.8. The first-order chi connectivity index (χ1) is 21.3. The number of benzene rings is 2. The third-order valence-electron chi connectivity index (χ3n) is 8.32. The second-order valence-corrected chi connectivity index (χ2v) is 12.4. The molecule has 1 N–H and O–H groups in total. The number of carbonyl (C=O) groups is 4. The SMILES string of the molecule is CC(NC(=O)c1cscn1)C(Oc1ccc(C(=O)O[C@H]2CCCN(C(=O)[C@H]3COC(=O)C3)C2)cc1)c1ccc(C2CC2)cc1. The zero-order valence-electron chi connectivity index (χ0n) is 24.5. The lowest BCUT2D eigenvalue weighted by Crippen LogP contribution is -2.46. The highest BCUT2D eigenvalue weighted by Gasteiger charge is 2.36. The maximum absolute atomic E-state index is 13.0. The maximum Gasteiger partial charge on any atom is 0.338 e. The van der Waals surface area contributed by atoms with E-state index in [4.69, 9.17) is 14.2 Å². The number of piperidine rings is 1. The van der Waals surface area contributed by atoms with E-state index >= 15 is 0 Å². The second kappa shape index (κ2) is 13.2. The molecule has 44 heavy (non-hydrogen) atoms. The van der Waals surface area contributed by atoms with Gasteiger partial charge in [0.2, 0.25) is 5.91 Å². The number of nitrogens with one attached hydrogen (secondary N) is 1. The molecule has 3 heterocycles. The molecule has 0 bridgehead atoms. The Bertz CT molecular complexity index is 1490. The van der Waals surface area contributed by atoms with Crippen molar-refractivity contribution in [2.45, 2.75) is 63.2 Å². The van der Waals surface area contributed by atoms with Crippen LogP contribution in [0.4, 0.5) is 0 Å². The number of rotatable bonds is 10. The summed E-state index contributed by atoms with van der Waals surface area (Å²) in [6.07, 6.45) is 2.96. The van der Waals surface area contributed by atoms with Gasteiger partial charge in [0.05, 0.1) is 36.0 Å². The number of esters is 2. The molecular formula is C33H35N3O7S. The summed E-state index contributed by atoms with van der Waals surface area (Å²) in [4.78, 5) is 55.8. The first-order valence-corrected chi connectivity index (χ1v) is 16.0. The number of hydrogen-bond donors (Lipinski definition) is 1. The smallest absolute Gasteiger partial charge is 0.338 e. The average Bonchev–Trinajstić information content (AvgIpc) is 3.55. The quantitative estimate of drug-likeness (QED) is 0.326. The minimum Gasteiger partial charge on any atom is -0.484 e. The van der Waals surface area contributed by atoms with Crippen molar-refractivity contribution in [2.75, 3.05) is 19.7 Å². The Kier molecular flexibility index (Phi) is 8.92. The number of aromatic nitrogens is 1. The summed E-state index contributed by atoms with van der Waals surface area (Å²) in [6, 6.07) is 14.7.